The fourth-order valence-corrected chi connectivity index (χ4v) is 3.07. The zero-order valence-corrected chi connectivity index (χ0v) is 13.4. The molecule has 114 valence electrons. The third-order valence-corrected chi connectivity index (χ3v) is 4.55. The second-order valence-corrected chi connectivity index (χ2v) is 5.80. The third-order valence-electron chi connectivity index (χ3n) is 4.16. The molecule has 3 N–H and O–H groups in total. The number of thiocarbonyl (C=S) groups is 1. The Kier molecular flexibility index (Phi) is 5.92. The molecular formula is C14H25N3O2S. The van der Waals surface area contributed by atoms with Gasteiger partial charge in [0.25, 0.3) is 0 Å². The van der Waals surface area contributed by atoms with Crippen molar-refractivity contribution in [1.29, 1.82) is 0 Å². The predicted molar refractivity (Wildman–Crippen MR) is 83.2 cm³/mol. The van der Waals surface area contributed by atoms with Crippen molar-refractivity contribution in [2.24, 2.45) is 11.1 Å². The molecule has 0 heterocycles. The molecule has 6 heteroatoms. The van der Waals surface area contributed by atoms with E-state index in [0.717, 1.165) is 12.8 Å². The lowest BCUT2D eigenvalue weighted by atomic mass is 9.85. The molecule has 1 atom stereocenters. The number of hydrogen-bond acceptors (Lipinski definition) is 3. The molecule has 2 amide bonds. The summed E-state index contributed by atoms with van der Waals surface area (Å²) in [4.78, 5) is 26.6. The zero-order chi connectivity index (χ0) is 15.3. The van der Waals surface area contributed by atoms with E-state index in [2.05, 4.69) is 5.32 Å². The van der Waals surface area contributed by atoms with Crippen molar-refractivity contribution in [2.75, 3.05) is 13.1 Å². The minimum absolute atomic E-state index is 0.0700. The normalized spacial score (nSPS) is 18.4. The number of hydrogen-bond donors (Lipinski definition) is 2. The summed E-state index contributed by atoms with van der Waals surface area (Å²) in [6.45, 7) is 6.82. The minimum Gasteiger partial charge on any atom is -0.392 e. The molecular weight excluding hydrogens is 274 g/mol. The molecule has 1 aliphatic rings. The molecule has 0 aromatic carbocycles. The van der Waals surface area contributed by atoms with Gasteiger partial charge in [-0.25, -0.2) is 0 Å². The van der Waals surface area contributed by atoms with Gasteiger partial charge in [-0.1, -0.05) is 25.1 Å². The molecule has 1 saturated carbocycles. The second-order valence-electron chi connectivity index (χ2n) is 5.36. The van der Waals surface area contributed by atoms with Crippen molar-refractivity contribution in [1.82, 2.24) is 10.2 Å². The van der Waals surface area contributed by atoms with Crippen molar-refractivity contribution in [3.63, 3.8) is 0 Å². The molecule has 0 aromatic rings. The number of carbonyl (C=O) groups excluding carboxylic acids is 2. The smallest absolute Gasteiger partial charge is 0.244 e. The van der Waals surface area contributed by atoms with Gasteiger partial charge in [0.1, 0.15) is 6.04 Å². The van der Waals surface area contributed by atoms with Gasteiger partial charge in [0, 0.05) is 13.1 Å². The maximum atomic E-state index is 12.5. The number of nitrogens with two attached hydrogens (primary N) is 1. The van der Waals surface area contributed by atoms with Gasteiger partial charge >= 0.3 is 0 Å². The van der Waals surface area contributed by atoms with E-state index in [1.165, 1.54) is 0 Å². The SMILES string of the molecule is CCN(CC)C(=O)C(C)NC(=O)C1(C(N)=S)CCCC1. The van der Waals surface area contributed by atoms with Gasteiger partial charge in [0.05, 0.1) is 10.4 Å². The summed E-state index contributed by atoms with van der Waals surface area (Å²) >= 11 is 5.08. The van der Waals surface area contributed by atoms with Gasteiger partial charge in [-0.05, 0) is 33.6 Å². The summed E-state index contributed by atoms with van der Waals surface area (Å²) in [6, 6.07) is -0.547. The molecule has 0 aliphatic heterocycles. The molecule has 1 unspecified atom stereocenters. The molecule has 1 aliphatic carbocycles. The van der Waals surface area contributed by atoms with Gasteiger partial charge < -0.3 is 16.0 Å². The number of nitrogens with one attached hydrogen (secondary N) is 1. The van der Waals surface area contributed by atoms with E-state index in [1.807, 2.05) is 13.8 Å². The van der Waals surface area contributed by atoms with Crippen LogP contribution in [-0.4, -0.2) is 40.8 Å². The highest BCUT2D eigenvalue weighted by Gasteiger charge is 2.44. The Morgan fingerprint density at radius 3 is 2.20 bits per heavy atom. The van der Waals surface area contributed by atoms with Crippen molar-refractivity contribution >= 4 is 29.0 Å². The first-order valence-electron chi connectivity index (χ1n) is 7.28. The molecule has 20 heavy (non-hydrogen) atoms. The number of amides is 2. The predicted octanol–water partition coefficient (Wildman–Crippen LogP) is 1.21. The Labute approximate surface area is 126 Å². The largest absolute Gasteiger partial charge is 0.392 e. The number of rotatable bonds is 6. The van der Waals surface area contributed by atoms with Gasteiger partial charge in [-0.2, -0.15) is 0 Å². The molecule has 0 spiro atoms. The molecule has 0 aromatic heterocycles. The fraction of sp³-hybridized carbons (Fsp3) is 0.786. The van der Waals surface area contributed by atoms with Crippen molar-refractivity contribution < 1.29 is 9.59 Å². The topological polar surface area (TPSA) is 75.4 Å². The van der Waals surface area contributed by atoms with Crippen molar-refractivity contribution in [2.45, 2.75) is 52.5 Å². The van der Waals surface area contributed by atoms with Gasteiger partial charge in [-0.3, -0.25) is 9.59 Å². The summed E-state index contributed by atoms with van der Waals surface area (Å²) in [5.74, 6) is -0.269. The van der Waals surface area contributed by atoms with Crippen LogP contribution in [0.2, 0.25) is 0 Å². The van der Waals surface area contributed by atoms with E-state index in [4.69, 9.17) is 18.0 Å². The summed E-state index contributed by atoms with van der Waals surface area (Å²) in [5, 5.41) is 2.80. The van der Waals surface area contributed by atoms with Crippen LogP contribution in [0.25, 0.3) is 0 Å². The second kappa shape index (κ2) is 7.02. The quantitative estimate of drug-likeness (QED) is 0.723. The van der Waals surface area contributed by atoms with Crippen LogP contribution >= 0.6 is 12.2 Å². The maximum Gasteiger partial charge on any atom is 0.244 e. The zero-order valence-electron chi connectivity index (χ0n) is 12.6. The van der Waals surface area contributed by atoms with E-state index >= 15 is 0 Å². The number of likely N-dealkylation sites (N-methyl/N-ethyl adjacent to an activating group) is 1. The standard InChI is InChI=1S/C14H25N3O2S/c1-4-17(5-2)11(18)10(3)16-13(19)14(12(15)20)8-6-7-9-14/h10H,4-9H2,1-3H3,(H2,15,20)(H,16,19). The van der Waals surface area contributed by atoms with Crippen LogP contribution in [0.15, 0.2) is 0 Å². The molecule has 1 rings (SSSR count). The Hall–Kier alpha value is -1.17. The first-order valence-corrected chi connectivity index (χ1v) is 7.69. The third kappa shape index (κ3) is 3.29. The van der Waals surface area contributed by atoms with E-state index in [9.17, 15) is 9.59 Å². The van der Waals surface area contributed by atoms with E-state index in [1.54, 1.807) is 11.8 Å². The lowest BCUT2D eigenvalue weighted by molar-refractivity contribution is -0.137. The Morgan fingerprint density at radius 2 is 1.80 bits per heavy atom. The van der Waals surface area contributed by atoms with Gasteiger partial charge in [0.15, 0.2) is 0 Å². The fourth-order valence-electron chi connectivity index (χ4n) is 2.77. The van der Waals surface area contributed by atoms with Crippen LogP contribution in [0.5, 0.6) is 0 Å². The first-order chi connectivity index (χ1) is 9.39. The Bertz CT molecular complexity index is 388. The Morgan fingerprint density at radius 1 is 1.30 bits per heavy atom. The minimum atomic E-state index is -0.757. The highest BCUT2D eigenvalue weighted by molar-refractivity contribution is 7.80. The van der Waals surface area contributed by atoms with Crippen molar-refractivity contribution in [3.8, 4) is 0 Å². The molecule has 1 fully saturated rings. The van der Waals surface area contributed by atoms with Gasteiger partial charge in [0.2, 0.25) is 11.8 Å². The summed E-state index contributed by atoms with van der Waals surface area (Å²) in [7, 11) is 0. The number of carbonyl (C=O) groups is 2. The maximum absolute atomic E-state index is 12.5. The van der Waals surface area contributed by atoms with E-state index in [0.29, 0.717) is 25.9 Å². The average molecular weight is 299 g/mol. The highest BCUT2D eigenvalue weighted by atomic mass is 32.1. The summed E-state index contributed by atoms with van der Waals surface area (Å²) < 4.78 is 0. The summed E-state index contributed by atoms with van der Waals surface area (Å²) in [6.07, 6.45) is 3.26. The van der Waals surface area contributed by atoms with Crippen LogP contribution in [0.3, 0.4) is 0 Å². The monoisotopic (exact) mass is 299 g/mol. The first kappa shape index (κ1) is 16.9. The number of nitrogens with zero attached hydrogens (tertiary/aromatic N) is 1. The lowest BCUT2D eigenvalue weighted by Gasteiger charge is -2.29. The summed E-state index contributed by atoms with van der Waals surface area (Å²) in [5.41, 5.74) is 5.02. The van der Waals surface area contributed by atoms with E-state index < -0.39 is 11.5 Å². The van der Waals surface area contributed by atoms with Crippen LogP contribution in [-0.2, 0) is 9.59 Å². The molecule has 0 bridgehead atoms. The molecule has 0 radical (unpaired) electrons. The lowest BCUT2D eigenvalue weighted by Crippen LogP contribution is -2.53. The van der Waals surface area contributed by atoms with Crippen LogP contribution in [0.4, 0.5) is 0 Å². The highest BCUT2D eigenvalue weighted by Crippen LogP contribution is 2.38. The van der Waals surface area contributed by atoms with E-state index in [-0.39, 0.29) is 16.8 Å². The van der Waals surface area contributed by atoms with Crippen LogP contribution in [0, 0.1) is 5.41 Å². The van der Waals surface area contributed by atoms with Crippen molar-refractivity contribution in [3.05, 3.63) is 0 Å². The molecule has 5 nitrogen and oxygen atoms in total. The van der Waals surface area contributed by atoms with Gasteiger partial charge in [-0.15, -0.1) is 0 Å². The molecule has 0 saturated heterocycles. The van der Waals surface area contributed by atoms with Crippen LogP contribution < -0.4 is 11.1 Å². The average Bonchev–Trinajstić information content (AvgIpc) is 2.90. The Balaban J connectivity index is 2.74. The van der Waals surface area contributed by atoms with Crippen LogP contribution in [0.1, 0.15) is 46.5 Å².